The van der Waals surface area contributed by atoms with Crippen LogP contribution >= 0.6 is 11.6 Å². The number of aromatic nitrogens is 1. The molecule has 1 aliphatic rings. The predicted octanol–water partition coefficient (Wildman–Crippen LogP) is 2.77. The van der Waals surface area contributed by atoms with Gasteiger partial charge in [0.25, 0.3) is 0 Å². The van der Waals surface area contributed by atoms with Gasteiger partial charge in [0.2, 0.25) is 5.88 Å². The molecule has 2 atom stereocenters. The maximum atomic E-state index is 6.08. The second-order valence-electron chi connectivity index (χ2n) is 4.27. The Morgan fingerprint density at radius 3 is 2.81 bits per heavy atom. The van der Waals surface area contributed by atoms with E-state index in [1.54, 1.807) is 18.3 Å². The molecule has 16 heavy (non-hydrogen) atoms. The van der Waals surface area contributed by atoms with Gasteiger partial charge < -0.3 is 10.5 Å². The summed E-state index contributed by atoms with van der Waals surface area (Å²) in [6.07, 6.45) is 7.39. The third-order valence-corrected chi connectivity index (χ3v) is 3.20. The summed E-state index contributed by atoms with van der Waals surface area (Å²) in [7, 11) is 0. The lowest BCUT2D eigenvalue weighted by molar-refractivity contribution is 0.156. The van der Waals surface area contributed by atoms with Gasteiger partial charge in [-0.25, -0.2) is 4.98 Å². The summed E-state index contributed by atoms with van der Waals surface area (Å²) in [5, 5.41) is 0.623. The molecule has 0 spiro atoms. The van der Waals surface area contributed by atoms with Gasteiger partial charge in [0.05, 0.1) is 5.02 Å². The van der Waals surface area contributed by atoms with Crippen LogP contribution in [0.4, 0.5) is 0 Å². The number of rotatable bonds is 2. The van der Waals surface area contributed by atoms with Gasteiger partial charge in [0.15, 0.2) is 0 Å². The third kappa shape index (κ3) is 3.09. The zero-order valence-electron chi connectivity index (χ0n) is 9.23. The first-order valence-corrected chi connectivity index (χ1v) is 6.17. The van der Waals surface area contributed by atoms with Gasteiger partial charge >= 0.3 is 0 Å². The highest BCUT2D eigenvalue weighted by Gasteiger charge is 2.22. The molecule has 0 aliphatic heterocycles. The molecule has 2 rings (SSSR count). The zero-order valence-corrected chi connectivity index (χ0v) is 9.99. The minimum atomic E-state index is 0.0937. The Bertz CT molecular complexity index is 328. The lowest BCUT2D eigenvalue weighted by atomic mass is 10.1. The molecule has 3 nitrogen and oxygen atoms in total. The van der Waals surface area contributed by atoms with Crippen LogP contribution in [0.3, 0.4) is 0 Å². The Hall–Kier alpha value is -0.800. The van der Waals surface area contributed by atoms with Gasteiger partial charge in [-0.1, -0.05) is 24.4 Å². The Morgan fingerprint density at radius 2 is 2.06 bits per heavy atom. The molecule has 1 aromatic heterocycles. The second kappa shape index (κ2) is 5.51. The lowest BCUT2D eigenvalue weighted by Crippen LogP contribution is -2.38. The van der Waals surface area contributed by atoms with E-state index in [1.165, 1.54) is 19.3 Å². The van der Waals surface area contributed by atoms with Gasteiger partial charge in [0.1, 0.15) is 6.10 Å². The Kier molecular flexibility index (Phi) is 4.02. The van der Waals surface area contributed by atoms with Gasteiger partial charge in [-0.3, -0.25) is 0 Å². The van der Waals surface area contributed by atoms with E-state index in [0.29, 0.717) is 10.9 Å². The number of nitrogens with zero attached hydrogens (tertiary/aromatic N) is 1. The van der Waals surface area contributed by atoms with Gasteiger partial charge in [-0.15, -0.1) is 0 Å². The maximum Gasteiger partial charge on any atom is 0.213 e. The Balaban J connectivity index is 1.99. The van der Waals surface area contributed by atoms with E-state index in [2.05, 4.69) is 4.98 Å². The van der Waals surface area contributed by atoms with E-state index in [0.717, 1.165) is 12.8 Å². The minimum absolute atomic E-state index is 0.0937. The highest BCUT2D eigenvalue weighted by atomic mass is 35.5. The molecule has 0 bridgehead atoms. The van der Waals surface area contributed by atoms with Crippen molar-refractivity contribution in [3.8, 4) is 5.88 Å². The SMILES string of the molecule is NC1CCCCCC1Oc1ccc(Cl)cn1. The topological polar surface area (TPSA) is 48.1 Å². The quantitative estimate of drug-likeness (QED) is 0.809. The van der Waals surface area contributed by atoms with E-state index in [4.69, 9.17) is 22.1 Å². The summed E-state index contributed by atoms with van der Waals surface area (Å²) in [5.74, 6) is 0.617. The van der Waals surface area contributed by atoms with Crippen molar-refractivity contribution in [2.75, 3.05) is 0 Å². The number of pyridine rings is 1. The van der Waals surface area contributed by atoms with Crippen LogP contribution in [0.25, 0.3) is 0 Å². The highest BCUT2D eigenvalue weighted by Crippen LogP contribution is 2.21. The summed E-state index contributed by atoms with van der Waals surface area (Å²) in [4.78, 5) is 4.13. The van der Waals surface area contributed by atoms with E-state index >= 15 is 0 Å². The predicted molar refractivity (Wildman–Crippen MR) is 64.7 cm³/mol. The van der Waals surface area contributed by atoms with Crippen molar-refractivity contribution in [2.24, 2.45) is 5.73 Å². The molecule has 0 amide bonds. The van der Waals surface area contributed by atoms with Crippen LogP contribution in [0.5, 0.6) is 5.88 Å². The molecule has 1 aromatic rings. The summed E-state index contributed by atoms with van der Waals surface area (Å²) < 4.78 is 5.81. The van der Waals surface area contributed by atoms with Crippen LogP contribution in [0.1, 0.15) is 32.1 Å². The zero-order chi connectivity index (χ0) is 11.4. The van der Waals surface area contributed by atoms with Gasteiger partial charge in [-0.2, -0.15) is 0 Å². The second-order valence-corrected chi connectivity index (χ2v) is 4.71. The van der Waals surface area contributed by atoms with E-state index in [9.17, 15) is 0 Å². The average molecular weight is 241 g/mol. The third-order valence-electron chi connectivity index (χ3n) is 2.98. The molecule has 2 unspecified atom stereocenters. The molecular formula is C12H17ClN2O. The van der Waals surface area contributed by atoms with Crippen LogP contribution in [0.2, 0.25) is 5.02 Å². The monoisotopic (exact) mass is 240 g/mol. The van der Waals surface area contributed by atoms with E-state index in [-0.39, 0.29) is 12.1 Å². The van der Waals surface area contributed by atoms with Gasteiger partial charge in [-0.05, 0) is 25.3 Å². The normalized spacial score (nSPS) is 26.1. The van der Waals surface area contributed by atoms with Crippen molar-refractivity contribution in [1.82, 2.24) is 4.98 Å². The van der Waals surface area contributed by atoms with Crippen LogP contribution in [-0.2, 0) is 0 Å². The molecule has 1 fully saturated rings. The number of nitrogens with two attached hydrogens (primary N) is 1. The van der Waals surface area contributed by atoms with Crippen LogP contribution in [0.15, 0.2) is 18.3 Å². The molecule has 88 valence electrons. The standard InChI is InChI=1S/C12H17ClN2O/c13-9-6-7-12(15-8-9)16-11-5-3-1-2-4-10(11)14/h6-8,10-11H,1-5,14H2. The largest absolute Gasteiger partial charge is 0.473 e. The fourth-order valence-electron chi connectivity index (χ4n) is 2.04. The van der Waals surface area contributed by atoms with Crippen molar-refractivity contribution in [1.29, 1.82) is 0 Å². The first-order valence-electron chi connectivity index (χ1n) is 5.79. The summed E-state index contributed by atoms with van der Waals surface area (Å²) >= 11 is 5.77. The number of halogens is 1. The summed E-state index contributed by atoms with van der Waals surface area (Å²) in [6, 6.07) is 3.70. The number of hydrogen-bond donors (Lipinski definition) is 1. The molecule has 0 aromatic carbocycles. The molecule has 1 saturated carbocycles. The first kappa shape index (κ1) is 11.7. The smallest absolute Gasteiger partial charge is 0.213 e. The van der Waals surface area contributed by atoms with Crippen molar-refractivity contribution in [2.45, 2.75) is 44.2 Å². The maximum absolute atomic E-state index is 6.08. The molecule has 4 heteroatoms. The highest BCUT2D eigenvalue weighted by molar-refractivity contribution is 6.30. The molecule has 0 radical (unpaired) electrons. The fraction of sp³-hybridized carbons (Fsp3) is 0.583. The molecule has 0 saturated heterocycles. The van der Waals surface area contributed by atoms with E-state index < -0.39 is 0 Å². The lowest BCUT2D eigenvalue weighted by Gasteiger charge is -2.22. The van der Waals surface area contributed by atoms with Crippen molar-refractivity contribution < 1.29 is 4.74 Å². The molecular weight excluding hydrogens is 224 g/mol. The van der Waals surface area contributed by atoms with Crippen molar-refractivity contribution in [3.05, 3.63) is 23.4 Å². The molecule has 1 heterocycles. The first-order chi connectivity index (χ1) is 7.75. The van der Waals surface area contributed by atoms with Crippen LogP contribution < -0.4 is 10.5 Å². The average Bonchev–Trinajstić information content (AvgIpc) is 2.48. The van der Waals surface area contributed by atoms with E-state index in [1.807, 2.05) is 0 Å². The minimum Gasteiger partial charge on any atom is -0.473 e. The number of ether oxygens (including phenoxy) is 1. The fourth-order valence-corrected chi connectivity index (χ4v) is 2.15. The Labute approximate surface area is 101 Å². The summed E-state index contributed by atoms with van der Waals surface area (Å²) in [5.41, 5.74) is 6.08. The summed E-state index contributed by atoms with van der Waals surface area (Å²) in [6.45, 7) is 0. The van der Waals surface area contributed by atoms with Crippen LogP contribution in [0, 0.1) is 0 Å². The number of hydrogen-bond acceptors (Lipinski definition) is 3. The van der Waals surface area contributed by atoms with Crippen molar-refractivity contribution in [3.63, 3.8) is 0 Å². The Morgan fingerprint density at radius 1 is 1.25 bits per heavy atom. The van der Waals surface area contributed by atoms with Gasteiger partial charge in [0, 0.05) is 18.3 Å². The van der Waals surface area contributed by atoms with Crippen LogP contribution in [-0.4, -0.2) is 17.1 Å². The molecule has 2 N–H and O–H groups in total. The van der Waals surface area contributed by atoms with Crippen molar-refractivity contribution >= 4 is 11.6 Å². The molecule has 1 aliphatic carbocycles.